The number of benzene rings is 3. The van der Waals surface area contributed by atoms with Crippen LogP contribution in [0.25, 0.3) is 0 Å². The molecule has 2 heterocycles. The number of aliphatic hydroxyl groups is 2. The van der Waals surface area contributed by atoms with Gasteiger partial charge in [-0.1, -0.05) is 0 Å². The van der Waals surface area contributed by atoms with Gasteiger partial charge >= 0.3 is 214 Å². The molecule has 7 nitrogen and oxygen atoms in total. The van der Waals surface area contributed by atoms with Crippen molar-refractivity contribution in [3.8, 4) is 0 Å². The van der Waals surface area contributed by atoms with E-state index in [-0.39, 0.29) is 11.4 Å². The number of hydrogen-bond acceptors (Lipinski definition) is 5. The Labute approximate surface area is 214 Å². The molecule has 0 spiro atoms. The molecule has 1 fully saturated rings. The fourth-order valence-electron chi connectivity index (χ4n) is 4.70. The monoisotopic (exact) mass is 550 g/mol. The van der Waals surface area contributed by atoms with E-state index in [1.165, 1.54) is 16.8 Å². The summed E-state index contributed by atoms with van der Waals surface area (Å²) < 4.78 is 8.12. The van der Waals surface area contributed by atoms with Crippen molar-refractivity contribution in [2.24, 2.45) is 0 Å². The van der Waals surface area contributed by atoms with Crippen LogP contribution < -0.4 is 11.2 Å². The fraction of sp³-hybridized carbons (Fsp3) is 0.214. The van der Waals surface area contributed by atoms with Crippen molar-refractivity contribution in [2.75, 3.05) is 6.61 Å². The minimum atomic E-state index is -1.15. The molecule has 5 rings (SSSR count). The second-order valence-corrected chi connectivity index (χ2v) is 11.5. The van der Waals surface area contributed by atoms with Crippen LogP contribution in [-0.2, 0) is 10.3 Å². The van der Waals surface area contributed by atoms with E-state index in [0.717, 1.165) is 16.7 Å². The summed E-state index contributed by atoms with van der Waals surface area (Å²) in [5.41, 5.74) is 0.769. The predicted octanol–water partition coefficient (Wildman–Crippen LogP) is 2.27. The van der Waals surface area contributed by atoms with Gasteiger partial charge in [-0.2, -0.15) is 0 Å². The summed E-state index contributed by atoms with van der Waals surface area (Å²) in [5, 5.41) is 21.8. The quantitative estimate of drug-likeness (QED) is 0.243. The number of nitrogens with one attached hydrogen (secondary N) is 1. The Kier molecular flexibility index (Phi) is 7.05. The van der Waals surface area contributed by atoms with Crippen LogP contribution in [0.15, 0.2) is 113 Å². The van der Waals surface area contributed by atoms with Crippen molar-refractivity contribution >= 4 is 15.0 Å². The maximum absolute atomic E-state index is 12.4. The molecule has 4 atom stereocenters. The van der Waals surface area contributed by atoms with E-state index in [0.29, 0.717) is 0 Å². The Balaban J connectivity index is 1.52. The molecule has 0 bridgehead atoms. The zero-order valence-electron chi connectivity index (χ0n) is 19.3. The molecule has 1 aliphatic heterocycles. The average molecular weight is 549 g/mol. The van der Waals surface area contributed by atoms with Gasteiger partial charge in [-0.25, -0.2) is 0 Å². The van der Waals surface area contributed by atoms with Gasteiger partial charge in [0.15, 0.2) is 0 Å². The molecule has 0 radical (unpaired) electrons. The Hall–Kier alpha value is -3.26. The van der Waals surface area contributed by atoms with Gasteiger partial charge in [0, 0.05) is 0 Å². The molecular formula is C28H26N2O5Se. The van der Waals surface area contributed by atoms with Crippen LogP contribution in [0.4, 0.5) is 0 Å². The Morgan fingerprint density at radius 1 is 0.778 bits per heavy atom. The molecule has 0 unspecified atom stereocenters. The molecule has 3 N–H and O–H groups in total. The van der Waals surface area contributed by atoms with Gasteiger partial charge in [0.2, 0.25) is 0 Å². The van der Waals surface area contributed by atoms with Gasteiger partial charge < -0.3 is 0 Å². The topological polar surface area (TPSA) is 105 Å². The van der Waals surface area contributed by atoms with Crippen molar-refractivity contribution in [1.29, 1.82) is 0 Å². The number of ether oxygens (including phenoxy) is 1. The van der Waals surface area contributed by atoms with Crippen LogP contribution in [0, 0.1) is 0 Å². The van der Waals surface area contributed by atoms with Crippen molar-refractivity contribution < 1.29 is 14.9 Å². The summed E-state index contributed by atoms with van der Waals surface area (Å²) in [4.78, 5) is 25.1. The zero-order chi connectivity index (χ0) is 25.1. The van der Waals surface area contributed by atoms with Gasteiger partial charge in [-0.15, -0.1) is 0 Å². The third-order valence-corrected chi connectivity index (χ3v) is 9.72. The summed E-state index contributed by atoms with van der Waals surface area (Å²) in [6.07, 6.45) is -0.856. The first-order valence-electron chi connectivity index (χ1n) is 11.6. The molecule has 36 heavy (non-hydrogen) atoms. The van der Waals surface area contributed by atoms with Crippen LogP contribution in [0.3, 0.4) is 0 Å². The van der Waals surface area contributed by atoms with Crippen molar-refractivity contribution in [3.63, 3.8) is 0 Å². The van der Waals surface area contributed by atoms with Gasteiger partial charge in [0.05, 0.1) is 0 Å². The van der Waals surface area contributed by atoms with E-state index in [1.807, 2.05) is 91.0 Å². The van der Waals surface area contributed by atoms with Crippen molar-refractivity contribution in [3.05, 3.63) is 141 Å². The number of aromatic nitrogens is 2. The third-order valence-electron chi connectivity index (χ3n) is 6.47. The first-order chi connectivity index (χ1) is 17.5. The number of rotatable bonds is 7. The zero-order valence-corrected chi connectivity index (χ0v) is 21.0. The second kappa shape index (κ2) is 10.4. The minimum absolute atomic E-state index is 0.158. The van der Waals surface area contributed by atoms with Crippen molar-refractivity contribution in [1.82, 2.24) is 9.55 Å². The first-order valence-corrected chi connectivity index (χ1v) is 13.6. The van der Waals surface area contributed by atoms with Gasteiger partial charge in [0.1, 0.15) is 0 Å². The van der Waals surface area contributed by atoms with E-state index >= 15 is 0 Å². The summed E-state index contributed by atoms with van der Waals surface area (Å²) >= 11 is -0.392. The van der Waals surface area contributed by atoms with Crippen LogP contribution >= 0.6 is 0 Å². The maximum atomic E-state index is 12.4. The average Bonchev–Trinajstić information content (AvgIpc) is 3.19. The number of aromatic amines is 1. The van der Waals surface area contributed by atoms with Gasteiger partial charge in [0.25, 0.3) is 0 Å². The van der Waals surface area contributed by atoms with Gasteiger partial charge in [-0.3, -0.25) is 0 Å². The first kappa shape index (κ1) is 24.4. The molecular weight excluding hydrogens is 523 g/mol. The fourth-order valence-corrected chi connectivity index (χ4v) is 7.73. The standard InChI is InChI=1S/C28H26N2O5Se/c31-23-16-17-30(27(34)29-23)26-25(33)24(32)22(36-26)18-35-28(19-10-4-1-5-11-19,20-12-6-2-7-13-20)21-14-8-3-9-15-21/h1-17,22,24-26,32-33H,18H2,(H,29,31,34)/t22-,24-,25-,26-/m1/s1. The summed E-state index contributed by atoms with van der Waals surface area (Å²) in [6, 6.07) is 31.0. The normalized spacial score (nSPS) is 21.9. The number of nitrogens with zero attached hydrogens (tertiary/aromatic N) is 1. The third kappa shape index (κ3) is 4.50. The van der Waals surface area contributed by atoms with E-state index in [4.69, 9.17) is 4.74 Å². The molecule has 0 aliphatic carbocycles. The molecule has 184 valence electrons. The van der Waals surface area contributed by atoms with E-state index in [2.05, 4.69) is 4.98 Å². The molecule has 4 aromatic rings. The van der Waals surface area contributed by atoms with Crippen LogP contribution in [-0.4, -0.2) is 53.5 Å². The predicted molar refractivity (Wildman–Crippen MR) is 137 cm³/mol. The molecule has 0 amide bonds. The summed E-state index contributed by atoms with van der Waals surface area (Å²) in [5.74, 6) is 0. The molecule has 1 aliphatic rings. The van der Waals surface area contributed by atoms with E-state index < -0.39 is 49.0 Å². The molecule has 3 aromatic carbocycles. The van der Waals surface area contributed by atoms with Crippen LogP contribution in [0.1, 0.15) is 21.6 Å². The Morgan fingerprint density at radius 3 is 1.75 bits per heavy atom. The number of aliphatic hydroxyl groups excluding tert-OH is 2. The SMILES string of the molecule is O=c1ccn([C@@H]2[Se][C@H](COC(c3ccccc3)(c3ccccc3)c3ccccc3)[C@@H](O)[C@H]2O)c(=O)[nH]1. The summed E-state index contributed by atoms with van der Waals surface area (Å²) in [6.45, 7) is 0.158. The van der Waals surface area contributed by atoms with Crippen LogP contribution in [0.5, 0.6) is 0 Å². The van der Waals surface area contributed by atoms with Crippen molar-refractivity contribution in [2.45, 2.75) is 27.6 Å². The molecule has 0 saturated carbocycles. The van der Waals surface area contributed by atoms with E-state index in [9.17, 15) is 19.8 Å². The number of H-pyrrole nitrogens is 1. The Morgan fingerprint density at radius 2 is 1.28 bits per heavy atom. The summed E-state index contributed by atoms with van der Waals surface area (Å²) in [7, 11) is 0. The van der Waals surface area contributed by atoms with E-state index in [1.54, 1.807) is 0 Å². The Bertz CT molecular complexity index is 1310. The molecule has 8 heteroatoms. The van der Waals surface area contributed by atoms with Crippen LogP contribution in [0.2, 0.25) is 4.82 Å². The second-order valence-electron chi connectivity index (χ2n) is 8.65. The van der Waals surface area contributed by atoms with Gasteiger partial charge in [-0.05, 0) is 0 Å². The number of hydrogen-bond donors (Lipinski definition) is 3. The molecule has 1 aromatic heterocycles. The molecule has 1 saturated heterocycles.